The van der Waals surface area contributed by atoms with Gasteiger partial charge in [-0.05, 0) is 36.4 Å². The number of benzene rings is 1. The predicted octanol–water partition coefficient (Wildman–Crippen LogP) is 3.80. The van der Waals surface area contributed by atoms with Crippen LogP contribution in [0.2, 0.25) is 5.02 Å². The highest BCUT2D eigenvalue weighted by atomic mass is 35.5. The van der Waals surface area contributed by atoms with E-state index in [0.29, 0.717) is 35.3 Å². The number of anilines is 1. The smallest absolute Gasteiger partial charge is 0.358 e. The zero-order chi connectivity index (χ0) is 18.5. The standard InChI is InChI=1S/C18H16ClN3O4/c1-24-12-7-5-11(6-8-12)16-21-15(18(23)25-2)14(19)17(22-16)20-10-13-4-3-9-26-13/h3-9H,10H2,1-2H3,(H,20,21,22). The van der Waals surface area contributed by atoms with Crippen LogP contribution in [0.5, 0.6) is 5.75 Å². The molecule has 0 saturated heterocycles. The van der Waals surface area contributed by atoms with E-state index in [4.69, 9.17) is 25.5 Å². The van der Waals surface area contributed by atoms with Gasteiger partial charge in [-0.3, -0.25) is 0 Å². The normalized spacial score (nSPS) is 10.4. The van der Waals surface area contributed by atoms with Crippen molar-refractivity contribution in [3.63, 3.8) is 0 Å². The summed E-state index contributed by atoms with van der Waals surface area (Å²) in [5.41, 5.74) is 0.686. The third kappa shape index (κ3) is 3.78. The number of ether oxygens (including phenoxy) is 2. The molecule has 0 atom stereocenters. The maximum Gasteiger partial charge on any atom is 0.358 e. The highest BCUT2D eigenvalue weighted by molar-refractivity contribution is 6.35. The van der Waals surface area contributed by atoms with Crippen LogP contribution in [0.3, 0.4) is 0 Å². The van der Waals surface area contributed by atoms with Crippen molar-refractivity contribution in [1.29, 1.82) is 0 Å². The van der Waals surface area contributed by atoms with Crippen molar-refractivity contribution in [2.24, 2.45) is 0 Å². The Labute approximate surface area is 154 Å². The first-order valence-corrected chi connectivity index (χ1v) is 8.06. The fourth-order valence-electron chi connectivity index (χ4n) is 2.25. The summed E-state index contributed by atoms with van der Waals surface area (Å²) in [6, 6.07) is 10.7. The molecule has 0 bridgehead atoms. The first-order chi connectivity index (χ1) is 12.6. The molecule has 3 aromatic rings. The highest BCUT2D eigenvalue weighted by Gasteiger charge is 2.20. The quantitative estimate of drug-likeness (QED) is 0.657. The van der Waals surface area contributed by atoms with Gasteiger partial charge in [-0.2, -0.15) is 0 Å². The lowest BCUT2D eigenvalue weighted by molar-refractivity contribution is 0.0594. The summed E-state index contributed by atoms with van der Waals surface area (Å²) in [5, 5.41) is 3.14. The van der Waals surface area contributed by atoms with Crippen molar-refractivity contribution in [2.45, 2.75) is 6.54 Å². The zero-order valence-electron chi connectivity index (χ0n) is 14.2. The summed E-state index contributed by atoms with van der Waals surface area (Å²) in [6.07, 6.45) is 1.57. The molecule has 7 nitrogen and oxygen atoms in total. The van der Waals surface area contributed by atoms with Gasteiger partial charge in [-0.15, -0.1) is 0 Å². The van der Waals surface area contributed by atoms with Crippen molar-refractivity contribution >= 4 is 23.4 Å². The Kier molecular flexibility index (Phi) is 5.38. The SMILES string of the molecule is COC(=O)c1nc(-c2ccc(OC)cc2)nc(NCc2ccco2)c1Cl. The summed E-state index contributed by atoms with van der Waals surface area (Å²) in [5.74, 6) is 1.40. The lowest BCUT2D eigenvalue weighted by atomic mass is 10.2. The van der Waals surface area contributed by atoms with Crippen molar-refractivity contribution in [2.75, 3.05) is 19.5 Å². The second kappa shape index (κ2) is 7.88. The lowest BCUT2D eigenvalue weighted by Gasteiger charge is -2.11. The predicted molar refractivity (Wildman–Crippen MR) is 96.4 cm³/mol. The monoisotopic (exact) mass is 373 g/mol. The number of halogens is 1. The summed E-state index contributed by atoms with van der Waals surface area (Å²) in [7, 11) is 2.85. The minimum absolute atomic E-state index is 0.0167. The molecule has 1 N–H and O–H groups in total. The first kappa shape index (κ1) is 17.8. The molecule has 0 aliphatic carbocycles. The second-order valence-electron chi connectivity index (χ2n) is 5.21. The van der Waals surface area contributed by atoms with E-state index in [2.05, 4.69) is 15.3 Å². The third-order valence-corrected chi connectivity index (χ3v) is 3.95. The van der Waals surface area contributed by atoms with Gasteiger partial charge in [0.2, 0.25) is 0 Å². The Balaban J connectivity index is 1.99. The van der Waals surface area contributed by atoms with Crippen molar-refractivity contribution in [3.05, 3.63) is 59.1 Å². The minimum Gasteiger partial charge on any atom is -0.497 e. The second-order valence-corrected chi connectivity index (χ2v) is 5.59. The van der Waals surface area contributed by atoms with Gasteiger partial charge in [0.25, 0.3) is 0 Å². The van der Waals surface area contributed by atoms with E-state index in [-0.39, 0.29) is 10.7 Å². The molecule has 0 saturated carbocycles. The molecular formula is C18H16ClN3O4. The van der Waals surface area contributed by atoms with Crippen molar-refractivity contribution in [1.82, 2.24) is 9.97 Å². The third-order valence-electron chi connectivity index (χ3n) is 3.59. The summed E-state index contributed by atoms with van der Waals surface area (Å²) in [4.78, 5) is 20.7. The summed E-state index contributed by atoms with van der Waals surface area (Å²) in [6.45, 7) is 0.354. The molecule has 0 aliphatic heterocycles. The molecule has 134 valence electrons. The largest absolute Gasteiger partial charge is 0.497 e. The van der Waals surface area contributed by atoms with E-state index in [1.807, 2.05) is 6.07 Å². The van der Waals surface area contributed by atoms with Gasteiger partial charge in [-0.1, -0.05) is 11.6 Å². The number of aromatic nitrogens is 2. The van der Waals surface area contributed by atoms with Crippen LogP contribution in [0.15, 0.2) is 47.1 Å². The number of rotatable bonds is 6. The van der Waals surface area contributed by atoms with Crippen molar-refractivity contribution in [3.8, 4) is 17.1 Å². The molecule has 1 aromatic carbocycles. The number of furan rings is 1. The van der Waals surface area contributed by atoms with Gasteiger partial charge >= 0.3 is 5.97 Å². The molecule has 2 heterocycles. The number of carbonyl (C=O) groups is 1. The molecule has 2 aromatic heterocycles. The molecule has 0 aliphatic rings. The van der Waals surface area contributed by atoms with Crippen LogP contribution >= 0.6 is 11.6 Å². The summed E-state index contributed by atoms with van der Waals surface area (Å²) < 4.78 is 15.2. The Bertz CT molecular complexity index is 896. The number of nitrogens with one attached hydrogen (secondary N) is 1. The zero-order valence-corrected chi connectivity index (χ0v) is 14.9. The first-order valence-electron chi connectivity index (χ1n) is 7.69. The molecule has 0 fully saturated rings. The van der Waals surface area contributed by atoms with Gasteiger partial charge in [0, 0.05) is 5.56 Å². The van der Waals surface area contributed by atoms with Gasteiger partial charge in [0.15, 0.2) is 11.5 Å². The molecule has 0 unspecified atom stereocenters. The molecule has 8 heteroatoms. The van der Waals surface area contributed by atoms with Gasteiger partial charge in [0.1, 0.15) is 22.4 Å². The molecule has 3 rings (SSSR count). The number of esters is 1. The average Bonchev–Trinajstić information content (AvgIpc) is 3.20. The fraction of sp³-hybridized carbons (Fsp3) is 0.167. The minimum atomic E-state index is -0.645. The van der Waals surface area contributed by atoms with E-state index in [9.17, 15) is 4.79 Å². The number of carbonyl (C=O) groups excluding carboxylic acids is 1. The maximum absolute atomic E-state index is 12.0. The molecular weight excluding hydrogens is 358 g/mol. The number of methoxy groups -OCH3 is 2. The number of nitrogens with zero attached hydrogens (tertiary/aromatic N) is 2. The van der Waals surface area contributed by atoms with Crippen LogP contribution in [-0.2, 0) is 11.3 Å². The fourth-order valence-corrected chi connectivity index (χ4v) is 2.48. The van der Waals surface area contributed by atoms with Crippen LogP contribution in [0.25, 0.3) is 11.4 Å². The Morgan fingerprint density at radius 1 is 1.19 bits per heavy atom. The van der Waals surface area contributed by atoms with E-state index in [1.165, 1.54) is 7.11 Å². The molecule has 0 spiro atoms. The Hall–Kier alpha value is -3.06. The van der Waals surface area contributed by atoms with Crippen LogP contribution in [0.4, 0.5) is 5.82 Å². The van der Waals surface area contributed by atoms with Crippen LogP contribution in [0, 0.1) is 0 Å². The van der Waals surface area contributed by atoms with E-state index < -0.39 is 5.97 Å². The molecule has 0 radical (unpaired) electrons. The lowest BCUT2D eigenvalue weighted by Crippen LogP contribution is -2.11. The van der Waals surface area contributed by atoms with Gasteiger partial charge in [0.05, 0.1) is 27.0 Å². The van der Waals surface area contributed by atoms with E-state index in [1.54, 1.807) is 43.7 Å². The highest BCUT2D eigenvalue weighted by Crippen LogP contribution is 2.28. The van der Waals surface area contributed by atoms with Gasteiger partial charge in [-0.25, -0.2) is 14.8 Å². The van der Waals surface area contributed by atoms with Gasteiger partial charge < -0.3 is 19.2 Å². The molecule has 26 heavy (non-hydrogen) atoms. The number of hydrogen-bond acceptors (Lipinski definition) is 7. The van der Waals surface area contributed by atoms with Crippen LogP contribution in [0.1, 0.15) is 16.2 Å². The Morgan fingerprint density at radius 3 is 2.58 bits per heavy atom. The van der Waals surface area contributed by atoms with Crippen LogP contribution < -0.4 is 10.1 Å². The summed E-state index contributed by atoms with van der Waals surface area (Å²) >= 11 is 6.29. The average molecular weight is 374 g/mol. The van der Waals surface area contributed by atoms with E-state index in [0.717, 1.165) is 0 Å². The topological polar surface area (TPSA) is 86.5 Å². The van der Waals surface area contributed by atoms with Crippen LogP contribution in [-0.4, -0.2) is 30.2 Å². The van der Waals surface area contributed by atoms with E-state index >= 15 is 0 Å². The number of hydrogen-bond donors (Lipinski definition) is 1. The Morgan fingerprint density at radius 2 is 1.96 bits per heavy atom. The molecule has 0 amide bonds. The van der Waals surface area contributed by atoms with Crippen molar-refractivity contribution < 1.29 is 18.7 Å². The maximum atomic E-state index is 12.0.